The highest BCUT2D eigenvalue weighted by Crippen LogP contribution is 2.29. The summed E-state index contributed by atoms with van der Waals surface area (Å²) in [6, 6.07) is 1.21. The van der Waals surface area contributed by atoms with E-state index in [1.165, 1.54) is 19.3 Å². The van der Waals surface area contributed by atoms with Crippen LogP contribution in [0, 0.1) is 0 Å². The lowest BCUT2D eigenvalue weighted by molar-refractivity contribution is -0.0341. The van der Waals surface area contributed by atoms with Crippen LogP contribution in [0.15, 0.2) is 21.9 Å². The number of hydrogen-bond donors (Lipinski definition) is 2. The fourth-order valence-electron chi connectivity index (χ4n) is 1.87. The summed E-state index contributed by atoms with van der Waals surface area (Å²) in [5.74, 6) is 0. The van der Waals surface area contributed by atoms with Crippen molar-refractivity contribution < 1.29 is 14.9 Å². The van der Waals surface area contributed by atoms with Gasteiger partial charge in [-0.15, -0.1) is 0 Å². The molecule has 0 aromatic carbocycles. The second kappa shape index (κ2) is 5.11. The van der Waals surface area contributed by atoms with Gasteiger partial charge in [0.05, 0.1) is 6.10 Å². The molecule has 1 aliphatic heterocycles. The van der Waals surface area contributed by atoms with Crippen LogP contribution < -0.4 is 11.2 Å². The lowest BCUT2D eigenvalue weighted by atomic mass is 10.1. The zero-order chi connectivity index (χ0) is 13.4. The molecule has 1 fully saturated rings. The number of aliphatic hydroxyl groups excluding tert-OH is 2. The lowest BCUT2D eigenvalue weighted by Crippen LogP contribution is -2.41. The van der Waals surface area contributed by atoms with Gasteiger partial charge in [-0.25, -0.2) is 4.79 Å². The monoisotopic (exact) mass is 368 g/mol. The van der Waals surface area contributed by atoms with Crippen LogP contribution in [-0.2, 0) is 11.8 Å². The highest BCUT2D eigenvalue weighted by molar-refractivity contribution is 14.1. The van der Waals surface area contributed by atoms with Crippen molar-refractivity contribution in [1.29, 1.82) is 0 Å². The molecule has 7 nitrogen and oxygen atoms in total. The molecule has 8 heteroatoms. The molecule has 18 heavy (non-hydrogen) atoms. The molecular weight excluding hydrogens is 355 g/mol. The van der Waals surface area contributed by atoms with E-state index in [4.69, 9.17) is 4.74 Å². The first-order valence-corrected chi connectivity index (χ1v) is 6.85. The minimum Gasteiger partial charge on any atom is -0.387 e. The quantitative estimate of drug-likeness (QED) is 0.495. The number of ether oxygens (including phenoxy) is 1. The number of aromatic nitrogens is 2. The van der Waals surface area contributed by atoms with E-state index in [0.717, 1.165) is 9.13 Å². The fourth-order valence-corrected chi connectivity index (χ4v) is 2.60. The maximum absolute atomic E-state index is 11.9. The highest BCUT2D eigenvalue weighted by atomic mass is 127. The molecule has 4 atom stereocenters. The molecule has 2 heterocycles. The van der Waals surface area contributed by atoms with Gasteiger partial charge in [-0.3, -0.25) is 13.9 Å². The summed E-state index contributed by atoms with van der Waals surface area (Å²) in [7, 11) is 1.34. The van der Waals surface area contributed by atoms with Crippen LogP contribution >= 0.6 is 22.6 Å². The van der Waals surface area contributed by atoms with E-state index >= 15 is 0 Å². The van der Waals surface area contributed by atoms with Crippen LogP contribution in [0.5, 0.6) is 0 Å². The summed E-state index contributed by atoms with van der Waals surface area (Å²) in [6.07, 6.45) is -2.48. The number of rotatable bonds is 2. The first kappa shape index (κ1) is 13.7. The molecule has 100 valence electrons. The molecule has 0 amide bonds. The van der Waals surface area contributed by atoms with Gasteiger partial charge < -0.3 is 14.9 Å². The summed E-state index contributed by atoms with van der Waals surface area (Å²) in [5, 5.41) is 19.6. The van der Waals surface area contributed by atoms with Gasteiger partial charge in [-0.2, -0.15) is 0 Å². The summed E-state index contributed by atoms with van der Waals surface area (Å²) in [6.45, 7) is 0. The van der Waals surface area contributed by atoms with Gasteiger partial charge in [0.2, 0.25) is 0 Å². The normalized spacial score (nSPS) is 31.8. The van der Waals surface area contributed by atoms with Gasteiger partial charge in [0, 0.05) is 23.7 Å². The van der Waals surface area contributed by atoms with Crippen molar-refractivity contribution in [2.75, 3.05) is 4.43 Å². The van der Waals surface area contributed by atoms with Crippen LogP contribution in [0.2, 0.25) is 0 Å². The molecule has 0 radical (unpaired) electrons. The lowest BCUT2D eigenvalue weighted by Gasteiger charge is -2.17. The van der Waals surface area contributed by atoms with E-state index in [2.05, 4.69) is 0 Å². The number of halogens is 1. The Kier molecular flexibility index (Phi) is 3.90. The Hall–Kier alpha value is -0.710. The Balaban J connectivity index is 2.42. The van der Waals surface area contributed by atoms with Crippen molar-refractivity contribution in [3.8, 4) is 0 Å². The molecule has 1 saturated heterocycles. The first-order valence-electron chi connectivity index (χ1n) is 5.33. The molecule has 2 N–H and O–H groups in total. The maximum Gasteiger partial charge on any atom is 0.332 e. The molecule has 1 aliphatic rings. The zero-order valence-corrected chi connectivity index (χ0v) is 11.7. The van der Waals surface area contributed by atoms with Crippen molar-refractivity contribution in [2.45, 2.75) is 24.5 Å². The van der Waals surface area contributed by atoms with Gasteiger partial charge in [-0.05, 0) is 0 Å². The van der Waals surface area contributed by atoms with Crippen LogP contribution in [0.4, 0.5) is 0 Å². The summed E-state index contributed by atoms with van der Waals surface area (Å²) < 4.78 is 7.96. The molecule has 0 bridgehead atoms. The molecule has 2 rings (SSSR count). The van der Waals surface area contributed by atoms with Gasteiger partial charge >= 0.3 is 5.69 Å². The van der Waals surface area contributed by atoms with E-state index in [1.54, 1.807) is 0 Å². The SMILES string of the molecule is Cn1c(=O)ccn([C@@H]2O[C@H](CI)[C@@H](O)[C@H]2O)c1=O. The number of aliphatic hydroxyl groups is 2. The average molecular weight is 368 g/mol. The van der Waals surface area contributed by atoms with Crippen molar-refractivity contribution in [3.63, 3.8) is 0 Å². The van der Waals surface area contributed by atoms with Crippen molar-refractivity contribution in [2.24, 2.45) is 7.05 Å². The minimum atomic E-state index is -1.19. The van der Waals surface area contributed by atoms with E-state index < -0.39 is 35.8 Å². The number of nitrogens with zero attached hydrogens (tertiary/aromatic N) is 2. The number of hydrogen-bond acceptors (Lipinski definition) is 5. The third-order valence-corrected chi connectivity index (χ3v) is 3.85. The second-order valence-electron chi connectivity index (χ2n) is 4.10. The highest BCUT2D eigenvalue weighted by Gasteiger charge is 2.43. The Morgan fingerprint density at radius 3 is 2.61 bits per heavy atom. The Labute approximate surface area is 116 Å². The van der Waals surface area contributed by atoms with Crippen molar-refractivity contribution in [3.05, 3.63) is 33.1 Å². The van der Waals surface area contributed by atoms with Crippen molar-refractivity contribution >= 4 is 22.6 Å². The van der Waals surface area contributed by atoms with Crippen LogP contribution in [0.3, 0.4) is 0 Å². The van der Waals surface area contributed by atoms with Crippen LogP contribution in [0.25, 0.3) is 0 Å². The van der Waals surface area contributed by atoms with E-state index in [-0.39, 0.29) is 0 Å². The van der Waals surface area contributed by atoms with Crippen LogP contribution in [-0.4, -0.2) is 42.1 Å². The van der Waals surface area contributed by atoms with Crippen LogP contribution in [0.1, 0.15) is 6.23 Å². The fraction of sp³-hybridized carbons (Fsp3) is 0.600. The molecule has 1 aromatic heterocycles. The summed E-state index contributed by atoms with van der Waals surface area (Å²) in [5.41, 5.74) is -1.03. The molecule has 0 aliphatic carbocycles. The van der Waals surface area contributed by atoms with Gasteiger partial charge in [0.15, 0.2) is 6.23 Å². The largest absolute Gasteiger partial charge is 0.387 e. The molecule has 0 unspecified atom stereocenters. The summed E-state index contributed by atoms with van der Waals surface area (Å²) >= 11 is 2.03. The predicted octanol–water partition coefficient (Wildman–Crippen LogP) is -1.40. The minimum absolute atomic E-state index is 0.435. The second-order valence-corrected chi connectivity index (χ2v) is 4.98. The van der Waals surface area contributed by atoms with E-state index in [0.29, 0.717) is 4.43 Å². The third kappa shape index (κ3) is 2.13. The van der Waals surface area contributed by atoms with Crippen molar-refractivity contribution in [1.82, 2.24) is 9.13 Å². The number of alkyl halides is 1. The topological polar surface area (TPSA) is 93.7 Å². The molecule has 0 saturated carbocycles. The maximum atomic E-state index is 11.9. The zero-order valence-electron chi connectivity index (χ0n) is 9.56. The van der Waals surface area contributed by atoms with E-state index in [1.807, 2.05) is 22.6 Å². The van der Waals surface area contributed by atoms with Gasteiger partial charge in [-0.1, -0.05) is 22.6 Å². The van der Waals surface area contributed by atoms with E-state index in [9.17, 15) is 19.8 Å². The first-order chi connectivity index (χ1) is 8.47. The standard InChI is InChI=1S/C10H13IN2O5/c1-12-6(14)2-3-13(10(12)17)9-8(16)7(15)5(4-11)18-9/h2-3,5,7-9,15-16H,4H2,1H3/t5-,7-,8-,9-/m1/s1. The van der Waals surface area contributed by atoms with Gasteiger partial charge in [0.1, 0.15) is 12.2 Å². The molecular formula is C10H13IN2O5. The Morgan fingerprint density at radius 1 is 1.39 bits per heavy atom. The third-order valence-electron chi connectivity index (χ3n) is 2.98. The average Bonchev–Trinajstić information content (AvgIpc) is 2.64. The molecule has 0 spiro atoms. The smallest absolute Gasteiger partial charge is 0.332 e. The predicted molar refractivity (Wildman–Crippen MR) is 70.8 cm³/mol. The Morgan fingerprint density at radius 2 is 2.06 bits per heavy atom. The molecule has 1 aromatic rings. The summed E-state index contributed by atoms with van der Waals surface area (Å²) in [4.78, 5) is 23.1. The Bertz CT molecular complexity index is 554. The van der Waals surface area contributed by atoms with Gasteiger partial charge in [0.25, 0.3) is 5.56 Å².